The Morgan fingerprint density at radius 3 is 2.38 bits per heavy atom. The Kier molecular flexibility index (Phi) is 6.20. The molecule has 3 rings (SSSR count). The van der Waals surface area contributed by atoms with Crippen LogP contribution < -0.4 is 4.74 Å². The van der Waals surface area contributed by atoms with Gasteiger partial charge < -0.3 is 14.7 Å². The van der Waals surface area contributed by atoms with E-state index in [2.05, 4.69) is 4.90 Å². The fourth-order valence-corrected chi connectivity index (χ4v) is 4.52. The van der Waals surface area contributed by atoms with Crippen LogP contribution in [0.25, 0.3) is 0 Å². The van der Waals surface area contributed by atoms with Gasteiger partial charge in [-0.1, -0.05) is 0 Å². The second-order valence-electron chi connectivity index (χ2n) is 7.85. The van der Waals surface area contributed by atoms with Gasteiger partial charge in [-0.25, -0.2) is 0 Å². The minimum absolute atomic E-state index is 0.133. The van der Waals surface area contributed by atoms with E-state index in [1.165, 1.54) is 0 Å². The zero-order valence-corrected chi connectivity index (χ0v) is 16.3. The molecule has 144 valence electrons. The number of ether oxygens (including phenoxy) is 1. The molecule has 5 heteroatoms. The van der Waals surface area contributed by atoms with Crippen LogP contribution in [-0.2, 0) is 0 Å². The molecule has 2 saturated heterocycles. The molecule has 2 heterocycles. The van der Waals surface area contributed by atoms with Crippen molar-refractivity contribution < 1.29 is 14.6 Å². The Hall–Kier alpha value is -1.59. The summed E-state index contributed by atoms with van der Waals surface area (Å²) in [7, 11) is 1.67. The summed E-state index contributed by atoms with van der Waals surface area (Å²) in [5, 5.41) is 9.33. The number of aryl methyl sites for hydroxylation is 2. The van der Waals surface area contributed by atoms with Crippen molar-refractivity contribution in [3.63, 3.8) is 0 Å². The number of rotatable bonds is 4. The smallest absolute Gasteiger partial charge is 0.253 e. The van der Waals surface area contributed by atoms with Gasteiger partial charge in [-0.2, -0.15) is 0 Å². The number of likely N-dealkylation sites (tertiary alicyclic amines) is 2. The Bertz CT molecular complexity index is 615. The summed E-state index contributed by atoms with van der Waals surface area (Å²) in [5.41, 5.74) is 2.78. The first-order valence-electron chi connectivity index (χ1n) is 9.83. The van der Waals surface area contributed by atoms with Crippen LogP contribution in [0.15, 0.2) is 12.1 Å². The monoisotopic (exact) mass is 360 g/mol. The lowest BCUT2D eigenvalue weighted by Gasteiger charge is -2.42. The second-order valence-corrected chi connectivity index (χ2v) is 7.85. The van der Waals surface area contributed by atoms with Crippen LogP contribution in [0.5, 0.6) is 5.75 Å². The molecule has 1 aromatic rings. The molecular weight excluding hydrogens is 328 g/mol. The lowest BCUT2D eigenvalue weighted by atomic mass is 9.94. The lowest BCUT2D eigenvalue weighted by molar-refractivity contribution is 0.0446. The van der Waals surface area contributed by atoms with E-state index in [0.717, 1.165) is 74.3 Å². The molecule has 2 aliphatic heterocycles. The van der Waals surface area contributed by atoms with Crippen LogP contribution in [0, 0.1) is 19.8 Å². The Balaban J connectivity index is 1.67. The van der Waals surface area contributed by atoms with Crippen molar-refractivity contribution in [2.75, 3.05) is 39.9 Å². The maximum Gasteiger partial charge on any atom is 0.253 e. The van der Waals surface area contributed by atoms with Gasteiger partial charge in [0.05, 0.1) is 7.11 Å². The third-order valence-corrected chi connectivity index (χ3v) is 6.02. The third-order valence-electron chi connectivity index (χ3n) is 6.02. The number of hydrogen-bond donors (Lipinski definition) is 1. The molecule has 1 aromatic carbocycles. The fourth-order valence-electron chi connectivity index (χ4n) is 4.52. The highest BCUT2D eigenvalue weighted by atomic mass is 16.5. The minimum Gasteiger partial charge on any atom is -0.496 e. The highest BCUT2D eigenvalue weighted by molar-refractivity contribution is 5.95. The lowest BCUT2D eigenvalue weighted by Crippen LogP contribution is -2.52. The molecule has 26 heavy (non-hydrogen) atoms. The van der Waals surface area contributed by atoms with Crippen LogP contribution in [-0.4, -0.2) is 66.8 Å². The number of amides is 1. The predicted octanol–water partition coefficient (Wildman–Crippen LogP) is 2.62. The Labute approximate surface area is 156 Å². The predicted molar refractivity (Wildman–Crippen MR) is 103 cm³/mol. The van der Waals surface area contributed by atoms with Gasteiger partial charge in [0.25, 0.3) is 5.91 Å². The van der Waals surface area contributed by atoms with Gasteiger partial charge in [0.15, 0.2) is 0 Å². The molecule has 0 unspecified atom stereocenters. The van der Waals surface area contributed by atoms with E-state index in [9.17, 15) is 9.90 Å². The maximum atomic E-state index is 13.1. The number of aliphatic hydroxyl groups is 1. The van der Waals surface area contributed by atoms with E-state index < -0.39 is 0 Å². The van der Waals surface area contributed by atoms with E-state index in [0.29, 0.717) is 18.6 Å². The summed E-state index contributed by atoms with van der Waals surface area (Å²) in [5.74, 6) is 1.46. The van der Waals surface area contributed by atoms with E-state index in [1.54, 1.807) is 7.11 Å². The normalized spacial score (nSPS) is 22.5. The molecule has 2 aliphatic rings. The molecule has 0 aliphatic carbocycles. The molecule has 1 amide bonds. The van der Waals surface area contributed by atoms with Crippen LogP contribution in [0.1, 0.15) is 47.2 Å². The zero-order valence-electron chi connectivity index (χ0n) is 16.3. The molecule has 1 N–H and O–H groups in total. The van der Waals surface area contributed by atoms with Gasteiger partial charge in [0.2, 0.25) is 0 Å². The summed E-state index contributed by atoms with van der Waals surface area (Å²) < 4.78 is 5.42. The van der Waals surface area contributed by atoms with Gasteiger partial charge in [-0.3, -0.25) is 9.69 Å². The molecule has 0 spiro atoms. The standard InChI is InChI=1S/C21H32N2O3/c1-15-11-18(12-16(2)20(15)26-3)21(25)23-8-4-5-19(13-23)22-9-6-17(14-24)7-10-22/h11-12,17,19,24H,4-10,13-14H2,1-3H3/t19-/m1/s1. The number of methoxy groups -OCH3 is 1. The van der Waals surface area contributed by atoms with Crippen LogP contribution >= 0.6 is 0 Å². The topological polar surface area (TPSA) is 53.0 Å². The largest absolute Gasteiger partial charge is 0.496 e. The molecule has 0 bridgehead atoms. The van der Waals surface area contributed by atoms with Gasteiger partial charge in [-0.15, -0.1) is 0 Å². The van der Waals surface area contributed by atoms with Crippen molar-refractivity contribution in [2.45, 2.75) is 45.6 Å². The molecule has 0 saturated carbocycles. The molecule has 5 nitrogen and oxygen atoms in total. The Morgan fingerprint density at radius 1 is 1.15 bits per heavy atom. The van der Waals surface area contributed by atoms with Gasteiger partial charge in [-0.05, 0) is 81.8 Å². The zero-order chi connectivity index (χ0) is 18.7. The third kappa shape index (κ3) is 4.04. The Morgan fingerprint density at radius 2 is 1.81 bits per heavy atom. The van der Waals surface area contributed by atoms with Crippen molar-refractivity contribution in [1.29, 1.82) is 0 Å². The molecular formula is C21H32N2O3. The summed E-state index contributed by atoms with van der Waals surface area (Å²) in [6.45, 7) is 8.02. The highest BCUT2D eigenvalue weighted by Gasteiger charge is 2.31. The maximum absolute atomic E-state index is 13.1. The van der Waals surface area contributed by atoms with Crippen molar-refractivity contribution >= 4 is 5.91 Å². The van der Waals surface area contributed by atoms with Crippen molar-refractivity contribution in [2.24, 2.45) is 5.92 Å². The van der Waals surface area contributed by atoms with E-state index in [-0.39, 0.29) is 5.91 Å². The van der Waals surface area contributed by atoms with Crippen LogP contribution in [0.4, 0.5) is 0 Å². The number of piperidine rings is 2. The second kappa shape index (κ2) is 8.40. The average molecular weight is 360 g/mol. The average Bonchev–Trinajstić information content (AvgIpc) is 2.67. The molecule has 1 atom stereocenters. The van der Waals surface area contributed by atoms with Crippen molar-refractivity contribution in [1.82, 2.24) is 9.80 Å². The highest BCUT2D eigenvalue weighted by Crippen LogP contribution is 2.27. The van der Waals surface area contributed by atoms with Crippen LogP contribution in [0.2, 0.25) is 0 Å². The van der Waals surface area contributed by atoms with E-state index in [1.807, 2.05) is 30.9 Å². The first kappa shape index (κ1) is 19.2. The van der Waals surface area contributed by atoms with Crippen LogP contribution in [0.3, 0.4) is 0 Å². The van der Waals surface area contributed by atoms with E-state index in [4.69, 9.17) is 4.74 Å². The van der Waals surface area contributed by atoms with Crippen molar-refractivity contribution in [3.8, 4) is 5.75 Å². The van der Waals surface area contributed by atoms with Crippen molar-refractivity contribution in [3.05, 3.63) is 28.8 Å². The number of hydrogen-bond acceptors (Lipinski definition) is 4. The first-order valence-corrected chi connectivity index (χ1v) is 9.83. The van der Waals surface area contributed by atoms with Gasteiger partial charge in [0.1, 0.15) is 5.75 Å². The number of carbonyl (C=O) groups is 1. The number of nitrogens with zero attached hydrogens (tertiary/aromatic N) is 2. The number of benzene rings is 1. The van der Waals surface area contributed by atoms with Gasteiger partial charge >= 0.3 is 0 Å². The number of carbonyl (C=O) groups excluding carboxylic acids is 1. The number of aliphatic hydroxyl groups excluding tert-OH is 1. The van der Waals surface area contributed by atoms with E-state index >= 15 is 0 Å². The van der Waals surface area contributed by atoms with Gasteiger partial charge in [0, 0.05) is 31.3 Å². The SMILES string of the molecule is COc1c(C)cc(C(=O)N2CCC[C@@H](N3CCC(CO)CC3)C2)cc1C. The quantitative estimate of drug-likeness (QED) is 0.897. The first-order chi connectivity index (χ1) is 12.5. The summed E-state index contributed by atoms with van der Waals surface area (Å²) in [4.78, 5) is 17.6. The summed E-state index contributed by atoms with van der Waals surface area (Å²) in [6.07, 6.45) is 4.36. The molecule has 0 radical (unpaired) electrons. The fraction of sp³-hybridized carbons (Fsp3) is 0.667. The summed E-state index contributed by atoms with van der Waals surface area (Å²) in [6, 6.07) is 4.35. The molecule has 2 fully saturated rings. The summed E-state index contributed by atoms with van der Waals surface area (Å²) >= 11 is 0. The minimum atomic E-state index is 0.133. The molecule has 0 aromatic heterocycles.